The van der Waals surface area contributed by atoms with E-state index >= 15 is 0 Å². The monoisotopic (exact) mass is 916 g/mol. The number of ether oxygens (including phenoxy) is 6. The highest BCUT2D eigenvalue weighted by Gasteiger charge is 2.45. The zero-order valence-corrected chi connectivity index (χ0v) is 37.7. The van der Waals surface area contributed by atoms with E-state index in [2.05, 4.69) is 16.4 Å². The molecule has 23 heteroatoms. The molecule has 2 aromatic heterocycles. The van der Waals surface area contributed by atoms with Gasteiger partial charge in [0.1, 0.15) is 54.0 Å². The molecule has 0 aromatic carbocycles. The number of carbonyl (C=O) groups excluding carboxylic acids is 4. The third-order valence-electron chi connectivity index (χ3n) is 10.3. The minimum Gasteiger partial charge on any atom is -0.446 e. The quantitative estimate of drug-likeness (QED) is 0.0394. The van der Waals surface area contributed by atoms with Crippen molar-refractivity contribution in [3.8, 4) is 6.07 Å². The predicted molar refractivity (Wildman–Crippen MR) is 220 cm³/mol. The number of rotatable bonds is 21. The van der Waals surface area contributed by atoms with Gasteiger partial charge in [-0.05, 0) is 58.4 Å². The molecule has 1 aliphatic carbocycles. The zero-order valence-electron chi connectivity index (χ0n) is 36.0. The molecule has 21 nitrogen and oxygen atoms in total. The van der Waals surface area contributed by atoms with E-state index in [1.165, 1.54) is 32.3 Å². The molecule has 0 bridgehead atoms. The minimum absolute atomic E-state index is 0.0692. The fourth-order valence-corrected chi connectivity index (χ4v) is 7.49. The smallest absolute Gasteiger partial charge is 0.361 e. The first-order valence-electron chi connectivity index (χ1n) is 20.1. The number of aliphatic hydroxyl groups is 2. The topological polar surface area (TPSA) is 305 Å². The average molecular weight is 917 g/mol. The number of carbonyl (C=O) groups is 4. The Kier molecular flexibility index (Phi) is 17.3. The number of halogens is 1. The van der Waals surface area contributed by atoms with Gasteiger partial charge < -0.3 is 60.0 Å². The molecular weight excluding hydrogens is 859 g/mol. The molecular formula is C39H58ClN6O15P. The molecule has 6 atom stereocenters. The molecule has 346 valence electrons. The number of hydrogen-bond donors (Lipinski definition) is 5. The van der Waals surface area contributed by atoms with Gasteiger partial charge in [0, 0.05) is 17.6 Å². The van der Waals surface area contributed by atoms with Gasteiger partial charge in [-0.1, -0.05) is 52.1 Å². The van der Waals surface area contributed by atoms with Crippen LogP contribution < -0.4 is 16.8 Å². The summed E-state index contributed by atoms with van der Waals surface area (Å²) in [7, 11) is -4.56. The van der Waals surface area contributed by atoms with Crippen LogP contribution in [0.3, 0.4) is 0 Å². The number of nitriles is 1. The van der Waals surface area contributed by atoms with Crippen molar-refractivity contribution < 1.29 is 71.4 Å². The van der Waals surface area contributed by atoms with Crippen molar-refractivity contribution in [3.63, 3.8) is 0 Å². The van der Waals surface area contributed by atoms with Gasteiger partial charge in [-0.25, -0.2) is 14.6 Å². The number of hydrogen-bond acceptors (Lipinski definition) is 20. The molecule has 1 saturated heterocycles. The van der Waals surface area contributed by atoms with Gasteiger partial charge in [0.25, 0.3) is 0 Å². The second kappa shape index (κ2) is 21.2. The van der Waals surface area contributed by atoms with Crippen LogP contribution in [-0.2, 0) is 61.2 Å². The van der Waals surface area contributed by atoms with Crippen molar-refractivity contribution in [1.82, 2.24) is 9.55 Å². The lowest BCUT2D eigenvalue weighted by Crippen LogP contribution is -2.46. The Labute approximate surface area is 364 Å². The van der Waals surface area contributed by atoms with Crippen molar-refractivity contribution in [3.05, 3.63) is 23.0 Å². The summed E-state index contributed by atoms with van der Waals surface area (Å²) in [6, 6.07) is 1.86. The third-order valence-corrected chi connectivity index (χ3v) is 12.1. The Morgan fingerprint density at radius 3 is 1.97 bits per heavy atom. The molecule has 62 heavy (non-hydrogen) atoms. The van der Waals surface area contributed by atoms with Crippen LogP contribution in [0.25, 0.3) is 11.0 Å². The van der Waals surface area contributed by atoms with E-state index < -0.39 is 106 Å². The Hall–Kier alpha value is -3.94. The van der Waals surface area contributed by atoms with Crippen molar-refractivity contribution >= 4 is 59.8 Å². The summed E-state index contributed by atoms with van der Waals surface area (Å²) in [5.74, 6) is -4.54. The first-order valence-corrected chi connectivity index (χ1v) is 22.2. The molecule has 0 spiro atoms. The Balaban J connectivity index is 1.45. The van der Waals surface area contributed by atoms with E-state index in [4.69, 9.17) is 60.5 Å². The summed E-state index contributed by atoms with van der Waals surface area (Å²) in [4.78, 5) is 55.0. The van der Waals surface area contributed by atoms with Crippen molar-refractivity contribution in [1.29, 1.82) is 5.26 Å². The number of anilines is 1. The van der Waals surface area contributed by atoms with Gasteiger partial charge >= 0.3 is 31.5 Å². The summed E-state index contributed by atoms with van der Waals surface area (Å²) < 4.78 is 58.2. The average Bonchev–Trinajstić information content (AvgIpc) is 3.93. The van der Waals surface area contributed by atoms with Crippen molar-refractivity contribution in [2.75, 3.05) is 31.9 Å². The SMILES string of the molecule is CC(C)[C@H](N)C(=O)OC(C)(C)C(=O)OCOP(=O)(COC[C@H]1O[C@@H](n2ccc3c(NC4CCCC4)c(C#N)c(Cl)nc32)[C@H](O)[C@@H]1O)OCOC(=O)C(C)(C)OC(=O)[C@@H](N)C(C)C. The van der Waals surface area contributed by atoms with Gasteiger partial charge in [-0.2, -0.15) is 5.26 Å². The van der Waals surface area contributed by atoms with E-state index in [0.29, 0.717) is 11.1 Å². The minimum atomic E-state index is -4.56. The summed E-state index contributed by atoms with van der Waals surface area (Å²) in [6.07, 6.45) is -0.959. The molecule has 1 aliphatic heterocycles. The molecule has 0 amide bonds. The molecule has 2 aliphatic rings. The summed E-state index contributed by atoms with van der Waals surface area (Å²) >= 11 is 6.45. The van der Waals surface area contributed by atoms with Gasteiger partial charge in [0.05, 0.1) is 12.3 Å². The summed E-state index contributed by atoms with van der Waals surface area (Å²) in [6.45, 7) is 9.14. The maximum atomic E-state index is 14.0. The number of nitrogens with two attached hydrogens (primary N) is 2. The van der Waals surface area contributed by atoms with Crippen LogP contribution in [0, 0.1) is 23.2 Å². The van der Waals surface area contributed by atoms with Crippen molar-refractivity contribution in [2.24, 2.45) is 23.3 Å². The number of aromatic nitrogens is 2. The second-order valence-electron chi connectivity index (χ2n) is 16.8. The largest absolute Gasteiger partial charge is 0.446 e. The lowest BCUT2D eigenvalue weighted by Gasteiger charge is -2.27. The van der Waals surface area contributed by atoms with E-state index in [1.807, 2.05) is 0 Å². The Bertz CT molecular complexity index is 1950. The fraction of sp³-hybridized carbons (Fsp3) is 0.692. The van der Waals surface area contributed by atoms with Crippen LogP contribution in [0.5, 0.6) is 0 Å². The van der Waals surface area contributed by atoms with E-state index in [1.54, 1.807) is 40.0 Å². The standard InChI is InChI=1S/C39H58ClN6O15P/c1-20(2)26(42)34(49)60-38(5,6)36(51)55-17-57-62(53,58-18-56-37(52)39(7,8)61-35(50)27(43)21(3)4)19-54-16-25-29(47)30(48)33(59-25)46-14-13-23-28(44-22-11-9-10-12-22)24(15-41)31(40)45-32(23)46/h13-14,20-22,25-27,29-30,33,47-48H,9-12,16-19,42-43H2,1-8H3,(H,44,45)/t25-,26+,27+,29-,30-,33-/m1/s1. The molecule has 2 aromatic rings. The number of aliphatic hydroxyl groups excluding tert-OH is 2. The number of nitrogens with one attached hydrogen (secondary N) is 1. The molecule has 0 radical (unpaired) electrons. The van der Waals surface area contributed by atoms with E-state index in [-0.39, 0.29) is 34.2 Å². The first-order chi connectivity index (χ1) is 28.9. The van der Waals surface area contributed by atoms with Gasteiger partial charge in [-0.15, -0.1) is 0 Å². The Morgan fingerprint density at radius 1 is 0.968 bits per heavy atom. The van der Waals surface area contributed by atoms with Crippen LogP contribution in [0.15, 0.2) is 12.3 Å². The van der Waals surface area contributed by atoms with Crippen LogP contribution in [-0.4, -0.2) is 118 Å². The molecule has 3 heterocycles. The zero-order chi connectivity index (χ0) is 46.3. The highest BCUT2D eigenvalue weighted by atomic mass is 35.5. The van der Waals surface area contributed by atoms with Crippen LogP contribution in [0.2, 0.25) is 5.15 Å². The van der Waals surface area contributed by atoms with Crippen LogP contribution in [0.4, 0.5) is 5.69 Å². The summed E-state index contributed by atoms with van der Waals surface area (Å²) in [5.41, 5.74) is 8.89. The fourth-order valence-electron chi connectivity index (χ4n) is 6.29. The van der Waals surface area contributed by atoms with E-state index in [9.17, 15) is 39.2 Å². The first kappa shape index (κ1) is 50.7. The summed E-state index contributed by atoms with van der Waals surface area (Å²) in [5, 5.41) is 35.9. The number of pyridine rings is 1. The van der Waals surface area contributed by atoms with Crippen molar-refractivity contribution in [2.45, 2.75) is 135 Å². The molecule has 7 N–H and O–H groups in total. The Morgan fingerprint density at radius 2 is 1.48 bits per heavy atom. The maximum absolute atomic E-state index is 14.0. The molecule has 0 unspecified atom stereocenters. The molecule has 2 fully saturated rings. The normalized spacial score (nSPS) is 20.9. The van der Waals surface area contributed by atoms with Gasteiger partial charge in [0.2, 0.25) is 24.8 Å². The molecule has 1 saturated carbocycles. The number of esters is 4. The van der Waals surface area contributed by atoms with Gasteiger partial charge in [-0.3, -0.25) is 23.2 Å². The predicted octanol–water partition coefficient (Wildman–Crippen LogP) is 3.35. The number of nitrogens with zero attached hydrogens (tertiary/aromatic N) is 3. The highest BCUT2D eigenvalue weighted by molar-refractivity contribution is 7.53. The number of fused-ring (bicyclic) bond motifs is 1. The lowest BCUT2D eigenvalue weighted by molar-refractivity contribution is -0.186. The maximum Gasteiger partial charge on any atom is 0.361 e. The van der Waals surface area contributed by atoms with E-state index in [0.717, 1.165) is 25.7 Å². The highest BCUT2D eigenvalue weighted by Crippen LogP contribution is 2.48. The lowest BCUT2D eigenvalue weighted by atomic mass is 10.1. The third kappa shape index (κ3) is 12.4. The second-order valence-corrected chi connectivity index (χ2v) is 19.1. The van der Waals surface area contributed by atoms with Crippen LogP contribution >= 0.6 is 19.2 Å². The molecule has 4 rings (SSSR count). The van der Waals surface area contributed by atoms with Gasteiger partial charge in [0.15, 0.2) is 11.4 Å². The van der Waals surface area contributed by atoms with Crippen LogP contribution in [0.1, 0.15) is 92.9 Å².